The normalized spacial score (nSPS) is 10.9. The molecule has 3 aromatic carbocycles. The van der Waals surface area contributed by atoms with Crippen molar-refractivity contribution in [3.63, 3.8) is 0 Å². The van der Waals surface area contributed by atoms with E-state index in [1.54, 1.807) is 24.3 Å². The van der Waals surface area contributed by atoms with Crippen LogP contribution in [0.3, 0.4) is 0 Å². The van der Waals surface area contributed by atoms with Crippen LogP contribution in [-0.4, -0.2) is 13.0 Å². The Labute approximate surface area is 147 Å². The molecule has 1 N–H and O–H groups in total. The van der Waals surface area contributed by atoms with Crippen molar-refractivity contribution in [3.05, 3.63) is 108 Å². The molecule has 0 bridgehead atoms. The van der Waals surface area contributed by atoms with Gasteiger partial charge >= 0.3 is 10.4 Å². The summed E-state index contributed by atoms with van der Waals surface area (Å²) in [6.45, 7) is 0. The molecule has 0 saturated heterocycles. The summed E-state index contributed by atoms with van der Waals surface area (Å²) in [7, 11) is -4.69. The van der Waals surface area contributed by atoms with E-state index >= 15 is 0 Å². The molecule has 0 aromatic heterocycles. The first-order chi connectivity index (χ1) is 12.0. The SMILES string of the molecule is O=S(=O)(O)OC(=C(c1ccccc1)c1ccccc1)c1ccccc1. The minimum atomic E-state index is -4.69. The highest BCUT2D eigenvalue weighted by Crippen LogP contribution is 2.33. The minimum absolute atomic E-state index is 0.0699. The molecule has 0 spiro atoms. The highest BCUT2D eigenvalue weighted by atomic mass is 32.3. The summed E-state index contributed by atoms with van der Waals surface area (Å²) < 4.78 is 37.3. The highest BCUT2D eigenvalue weighted by molar-refractivity contribution is 7.81. The molecule has 5 heteroatoms. The van der Waals surface area contributed by atoms with Crippen molar-refractivity contribution >= 4 is 21.7 Å². The largest absolute Gasteiger partial charge is 0.446 e. The zero-order chi connectivity index (χ0) is 17.7. The van der Waals surface area contributed by atoms with Crippen LogP contribution in [0.2, 0.25) is 0 Å². The maximum Gasteiger partial charge on any atom is 0.446 e. The Morgan fingerprint density at radius 3 is 1.36 bits per heavy atom. The predicted octanol–water partition coefficient (Wildman–Crippen LogP) is 4.42. The van der Waals surface area contributed by atoms with E-state index in [0.717, 1.165) is 11.1 Å². The summed E-state index contributed by atoms with van der Waals surface area (Å²) in [5, 5.41) is 0. The van der Waals surface area contributed by atoms with Crippen LogP contribution in [0.1, 0.15) is 16.7 Å². The lowest BCUT2D eigenvalue weighted by atomic mass is 9.94. The average Bonchev–Trinajstić information content (AvgIpc) is 2.63. The Hall–Kier alpha value is -2.89. The molecular weight excluding hydrogens is 336 g/mol. The molecule has 0 amide bonds. The zero-order valence-electron chi connectivity index (χ0n) is 13.2. The first-order valence-electron chi connectivity index (χ1n) is 7.62. The van der Waals surface area contributed by atoms with Crippen molar-refractivity contribution in [2.45, 2.75) is 0 Å². The van der Waals surface area contributed by atoms with Gasteiger partial charge in [0, 0.05) is 11.1 Å². The van der Waals surface area contributed by atoms with Crippen molar-refractivity contribution in [2.75, 3.05) is 0 Å². The second-order valence-electron chi connectivity index (χ2n) is 5.31. The van der Waals surface area contributed by atoms with Gasteiger partial charge in [-0.05, 0) is 11.1 Å². The predicted molar refractivity (Wildman–Crippen MR) is 97.9 cm³/mol. The van der Waals surface area contributed by atoms with Gasteiger partial charge in [0.15, 0.2) is 5.76 Å². The molecule has 0 heterocycles. The number of rotatable bonds is 5. The second kappa shape index (κ2) is 7.34. The van der Waals surface area contributed by atoms with Gasteiger partial charge in [0.2, 0.25) is 0 Å². The lowest BCUT2D eigenvalue weighted by Gasteiger charge is -2.16. The van der Waals surface area contributed by atoms with E-state index in [1.807, 2.05) is 66.7 Å². The van der Waals surface area contributed by atoms with Gasteiger partial charge in [-0.1, -0.05) is 91.0 Å². The van der Waals surface area contributed by atoms with Crippen molar-refractivity contribution < 1.29 is 17.2 Å². The summed E-state index contributed by atoms with van der Waals surface area (Å²) in [5.41, 5.74) is 2.67. The smallest absolute Gasteiger partial charge is 0.360 e. The third kappa shape index (κ3) is 4.35. The third-order valence-corrected chi connectivity index (χ3v) is 3.95. The highest BCUT2D eigenvalue weighted by Gasteiger charge is 2.20. The van der Waals surface area contributed by atoms with E-state index in [1.165, 1.54) is 0 Å². The Kier molecular flexibility index (Phi) is 4.97. The maximum absolute atomic E-state index is 11.5. The average molecular weight is 352 g/mol. The van der Waals surface area contributed by atoms with Crippen molar-refractivity contribution in [1.82, 2.24) is 0 Å². The molecule has 4 nitrogen and oxygen atoms in total. The topological polar surface area (TPSA) is 63.6 Å². The summed E-state index contributed by atoms with van der Waals surface area (Å²) in [6.07, 6.45) is 0. The zero-order valence-corrected chi connectivity index (χ0v) is 14.1. The van der Waals surface area contributed by atoms with Crippen LogP contribution in [0.5, 0.6) is 0 Å². The fraction of sp³-hybridized carbons (Fsp3) is 0. The minimum Gasteiger partial charge on any atom is -0.360 e. The fourth-order valence-electron chi connectivity index (χ4n) is 2.57. The van der Waals surface area contributed by atoms with Crippen molar-refractivity contribution in [2.24, 2.45) is 0 Å². The first-order valence-corrected chi connectivity index (χ1v) is 8.98. The molecule has 0 aliphatic heterocycles. The molecule has 126 valence electrons. The van der Waals surface area contributed by atoms with E-state index in [4.69, 9.17) is 4.18 Å². The molecule has 0 saturated carbocycles. The Balaban J connectivity index is 2.34. The van der Waals surface area contributed by atoms with Gasteiger partial charge in [0.25, 0.3) is 0 Å². The van der Waals surface area contributed by atoms with E-state index in [0.29, 0.717) is 11.1 Å². The Morgan fingerprint density at radius 2 is 1.00 bits per heavy atom. The third-order valence-electron chi connectivity index (χ3n) is 3.58. The van der Waals surface area contributed by atoms with E-state index in [9.17, 15) is 13.0 Å². The van der Waals surface area contributed by atoms with E-state index in [2.05, 4.69) is 0 Å². The second-order valence-corrected chi connectivity index (χ2v) is 6.34. The molecular formula is C20H16O4S. The van der Waals surface area contributed by atoms with Crippen LogP contribution < -0.4 is 0 Å². The van der Waals surface area contributed by atoms with Crippen LogP contribution in [0.4, 0.5) is 0 Å². The van der Waals surface area contributed by atoms with Crippen LogP contribution in [0.25, 0.3) is 11.3 Å². The first kappa shape index (κ1) is 17.0. The fourth-order valence-corrected chi connectivity index (χ4v) is 2.96. The maximum atomic E-state index is 11.5. The Bertz CT molecular complexity index is 922. The van der Waals surface area contributed by atoms with Gasteiger partial charge in [-0.25, -0.2) is 0 Å². The molecule has 0 aliphatic rings. The summed E-state index contributed by atoms with van der Waals surface area (Å²) in [5.74, 6) is 0.0699. The Morgan fingerprint density at radius 1 is 0.640 bits per heavy atom. The van der Waals surface area contributed by atoms with Gasteiger partial charge < -0.3 is 4.18 Å². The summed E-state index contributed by atoms with van der Waals surface area (Å²) in [6, 6.07) is 27.4. The van der Waals surface area contributed by atoms with Gasteiger partial charge in [-0.2, -0.15) is 8.42 Å². The lowest BCUT2D eigenvalue weighted by Crippen LogP contribution is -2.06. The molecule has 3 rings (SSSR count). The van der Waals surface area contributed by atoms with Crippen LogP contribution in [0.15, 0.2) is 91.0 Å². The van der Waals surface area contributed by atoms with E-state index < -0.39 is 10.4 Å². The monoisotopic (exact) mass is 352 g/mol. The number of hydrogen-bond donors (Lipinski definition) is 1. The van der Waals surface area contributed by atoms with Crippen LogP contribution in [-0.2, 0) is 14.6 Å². The van der Waals surface area contributed by atoms with Crippen LogP contribution in [0, 0.1) is 0 Å². The molecule has 3 aromatic rings. The molecule has 0 aliphatic carbocycles. The lowest BCUT2D eigenvalue weighted by molar-refractivity contribution is 0.370. The standard InChI is InChI=1S/C20H16O4S/c21-25(22,23)24-20(18-14-8-3-9-15-18)19(16-10-4-1-5-11-16)17-12-6-2-7-13-17/h1-15H,(H,21,22,23). The number of benzene rings is 3. The molecule has 0 radical (unpaired) electrons. The van der Waals surface area contributed by atoms with Crippen LogP contribution >= 0.6 is 0 Å². The quantitative estimate of drug-likeness (QED) is 0.419. The number of hydrogen-bond acceptors (Lipinski definition) is 3. The van der Waals surface area contributed by atoms with Crippen molar-refractivity contribution in [1.29, 1.82) is 0 Å². The molecule has 25 heavy (non-hydrogen) atoms. The van der Waals surface area contributed by atoms with Crippen molar-refractivity contribution in [3.8, 4) is 0 Å². The van der Waals surface area contributed by atoms with Gasteiger partial charge in [-0.3, -0.25) is 4.55 Å². The van der Waals surface area contributed by atoms with Gasteiger partial charge in [0.1, 0.15) is 0 Å². The molecule has 0 fully saturated rings. The molecule has 0 atom stereocenters. The molecule has 0 unspecified atom stereocenters. The van der Waals surface area contributed by atoms with E-state index in [-0.39, 0.29) is 5.76 Å². The van der Waals surface area contributed by atoms with Gasteiger partial charge in [0.05, 0.1) is 0 Å². The summed E-state index contributed by atoms with van der Waals surface area (Å²) >= 11 is 0. The van der Waals surface area contributed by atoms with Gasteiger partial charge in [-0.15, -0.1) is 0 Å². The summed E-state index contributed by atoms with van der Waals surface area (Å²) in [4.78, 5) is 0.